The van der Waals surface area contributed by atoms with E-state index < -0.39 is 0 Å². The van der Waals surface area contributed by atoms with Gasteiger partial charge in [0, 0.05) is 36.5 Å². The number of amides is 1. The van der Waals surface area contributed by atoms with E-state index in [4.69, 9.17) is 0 Å². The van der Waals surface area contributed by atoms with Crippen LogP contribution >= 0.6 is 0 Å². The van der Waals surface area contributed by atoms with E-state index in [1.165, 1.54) is 17.2 Å². The monoisotopic (exact) mass is 325 g/mol. The summed E-state index contributed by atoms with van der Waals surface area (Å²) in [5.74, 6) is -0.192. The molecule has 1 aromatic carbocycles. The first-order chi connectivity index (χ1) is 11.6. The number of likely N-dealkylation sites (N-methyl/N-ethyl adjacent to an activating group) is 1. The number of benzene rings is 1. The number of aromatic nitrogens is 1. The molecule has 1 aliphatic heterocycles. The van der Waals surface area contributed by atoms with E-state index in [0.29, 0.717) is 18.5 Å². The van der Waals surface area contributed by atoms with Gasteiger partial charge >= 0.3 is 0 Å². The van der Waals surface area contributed by atoms with Gasteiger partial charge in [0.1, 0.15) is 0 Å². The Bertz CT molecular complexity index is 797. The second kappa shape index (κ2) is 7.01. The molecule has 0 fully saturated rings. The normalized spacial score (nSPS) is 17.3. The van der Waals surface area contributed by atoms with Gasteiger partial charge in [-0.3, -0.25) is 14.5 Å². The van der Waals surface area contributed by atoms with Crippen molar-refractivity contribution >= 4 is 5.91 Å². The van der Waals surface area contributed by atoms with Crippen molar-refractivity contribution in [2.24, 2.45) is 0 Å². The molecule has 0 unspecified atom stereocenters. The molecule has 5 heteroatoms. The van der Waals surface area contributed by atoms with Crippen molar-refractivity contribution in [2.75, 3.05) is 13.6 Å². The largest absolute Gasteiger partial charge is 0.350 e. The summed E-state index contributed by atoms with van der Waals surface area (Å²) in [6.45, 7) is 3.40. The van der Waals surface area contributed by atoms with Crippen molar-refractivity contribution in [3.05, 3.63) is 69.1 Å². The number of hydrogen-bond donors (Lipinski definition) is 2. The highest BCUT2D eigenvalue weighted by molar-refractivity contribution is 5.94. The molecular formula is C19H23N3O2. The molecule has 0 saturated heterocycles. The number of rotatable bonds is 4. The van der Waals surface area contributed by atoms with Crippen molar-refractivity contribution in [3.63, 3.8) is 0 Å². The lowest BCUT2D eigenvalue weighted by atomic mass is 9.94. The van der Waals surface area contributed by atoms with Gasteiger partial charge in [-0.05, 0) is 37.1 Å². The molecule has 2 heterocycles. The summed E-state index contributed by atoms with van der Waals surface area (Å²) in [5.41, 5.74) is 3.66. The number of pyridine rings is 1. The van der Waals surface area contributed by atoms with Crippen molar-refractivity contribution in [3.8, 4) is 0 Å². The average Bonchev–Trinajstić information content (AvgIpc) is 2.59. The number of nitrogens with zero attached hydrogens (tertiary/aromatic N) is 1. The lowest BCUT2D eigenvalue weighted by molar-refractivity contribution is 0.0934. The standard InChI is InChI=1S/C19H23N3O2/c1-3-16-8-15(10-18(23)21-16)19(24)20-11-17-9-13-6-4-5-7-14(13)12-22(17)2/h4-8,10,17H,3,9,11-12H2,1-2H3,(H,20,24)(H,21,23)/t17-/m0/s1. The summed E-state index contributed by atoms with van der Waals surface area (Å²) < 4.78 is 0. The van der Waals surface area contributed by atoms with Gasteiger partial charge in [0.25, 0.3) is 5.91 Å². The number of fused-ring (bicyclic) bond motifs is 1. The third-order valence-corrected chi connectivity index (χ3v) is 4.66. The van der Waals surface area contributed by atoms with Gasteiger partial charge in [0.05, 0.1) is 0 Å². The van der Waals surface area contributed by atoms with Crippen LogP contribution in [0.2, 0.25) is 0 Å². The van der Waals surface area contributed by atoms with Gasteiger partial charge in [0.15, 0.2) is 0 Å². The Hall–Kier alpha value is -2.40. The smallest absolute Gasteiger partial charge is 0.251 e. The Labute approximate surface area is 141 Å². The molecule has 2 aromatic rings. The van der Waals surface area contributed by atoms with Crippen LogP contribution in [-0.4, -0.2) is 35.4 Å². The highest BCUT2D eigenvalue weighted by Gasteiger charge is 2.23. The van der Waals surface area contributed by atoms with Crippen LogP contribution in [0.1, 0.15) is 34.1 Å². The number of carbonyl (C=O) groups excluding carboxylic acids is 1. The predicted molar refractivity (Wildman–Crippen MR) is 94.2 cm³/mol. The van der Waals surface area contributed by atoms with Crippen molar-refractivity contribution < 1.29 is 4.79 Å². The molecule has 1 atom stereocenters. The predicted octanol–water partition coefficient (Wildman–Crippen LogP) is 1.72. The second-order valence-corrected chi connectivity index (χ2v) is 6.36. The highest BCUT2D eigenvalue weighted by atomic mass is 16.2. The fourth-order valence-electron chi connectivity index (χ4n) is 3.18. The van der Waals surface area contributed by atoms with E-state index in [0.717, 1.165) is 18.7 Å². The van der Waals surface area contributed by atoms with Crippen molar-refractivity contribution in [1.29, 1.82) is 0 Å². The van der Waals surface area contributed by atoms with E-state index in [-0.39, 0.29) is 17.5 Å². The van der Waals surface area contributed by atoms with Gasteiger partial charge < -0.3 is 10.3 Å². The van der Waals surface area contributed by atoms with Crippen LogP contribution in [0, 0.1) is 0 Å². The minimum Gasteiger partial charge on any atom is -0.350 e. The molecule has 0 saturated carbocycles. The third-order valence-electron chi connectivity index (χ3n) is 4.66. The van der Waals surface area contributed by atoms with Crippen molar-refractivity contribution in [2.45, 2.75) is 32.4 Å². The number of aryl methyl sites for hydroxylation is 1. The molecule has 126 valence electrons. The molecule has 1 amide bonds. The lowest BCUT2D eigenvalue weighted by Crippen LogP contribution is -2.45. The molecule has 24 heavy (non-hydrogen) atoms. The quantitative estimate of drug-likeness (QED) is 0.900. The third kappa shape index (κ3) is 3.57. The molecule has 1 aliphatic rings. The first-order valence-electron chi connectivity index (χ1n) is 8.35. The molecule has 0 radical (unpaired) electrons. The zero-order valence-electron chi connectivity index (χ0n) is 14.1. The van der Waals surface area contributed by atoms with Crippen LogP contribution in [0.25, 0.3) is 0 Å². The van der Waals surface area contributed by atoms with Crippen LogP contribution in [0.3, 0.4) is 0 Å². The van der Waals surface area contributed by atoms with E-state index in [2.05, 4.69) is 46.5 Å². The Morgan fingerprint density at radius 2 is 2.04 bits per heavy atom. The molecule has 2 N–H and O–H groups in total. The van der Waals surface area contributed by atoms with Crippen LogP contribution in [0.15, 0.2) is 41.2 Å². The van der Waals surface area contributed by atoms with Crippen molar-refractivity contribution in [1.82, 2.24) is 15.2 Å². The van der Waals surface area contributed by atoms with Gasteiger partial charge in [-0.25, -0.2) is 0 Å². The second-order valence-electron chi connectivity index (χ2n) is 6.36. The van der Waals surface area contributed by atoms with E-state index >= 15 is 0 Å². The zero-order chi connectivity index (χ0) is 17.1. The Balaban J connectivity index is 1.66. The molecule has 1 aromatic heterocycles. The molecule has 0 aliphatic carbocycles. The summed E-state index contributed by atoms with van der Waals surface area (Å²) in [5, 5.41) is 2.98. The number of nitrogens with one attached hydrogen (secondary N) is 2. The SMILES string of the molecule is CCc1cc(C(=O)NC[C@@H]2Cc3ccccc3CN2C)cc(=O)[nH]1. The molecular weight excluding hydrogens is 302 g/mol. The number of carbonyl (C=O) groups is 1. The number of aromatic amines is 1. The van der Waals surface area contributed by atoms with Crippen LogP contribution in [-0.2, 0) is 19.4 Å². The molecule has 0 bridgehead atoms. The molecule has 0 spiro atoms. The fourth-order valence-corrected chi connectivity index (χ4v) is 3.18. The van der Waals surface area contributed by atoms with Crippen LogP contribution < -0.4 is 10.9 Å². The van der Waals surface area contributed by atoms with Gasteiger partial charge in [-0.1, -0.05) is 31.2 Å². The fraction of sp³-hybridized carbons (Fsp3) is 0.368. The average molecular weight is 325 g/mol. The maximum atomic E-state index is 12.4. The Morgan fingerprint density at radius 3 is 2.79 bits per heavy atom. The van der Waals surface area contributed by atoms with Gasteiger partial charge in [-0.2, -0.15) is 0 Å². The highest BCUT2D eigenvalue weighted by Crippen LogP contribution is 2.21. The summed E-state index contributed by atoms with van der Waals surface area (Å²) in [6, 6.07) is 11.8. The van der Waals surface area contributed by atoms with Crippen LogP contribution in [0.4, 0.5) is 0 Å². The topological polar surface area (TPSA) is 65.2 Å². The minimum absolute atomic E-state index is 0.192. The number of hydrogen-bond acceptors (Lipinski definition) is 3. The summed E-state index contributed by atoms with van der Waals surface area (Å²) in [6.07, 6.45) is 1.61. The maximum Gasteiger partial charge on any atom is 0.251 e. The Morgan fingerprint density at radius 1 is 1.29 bits per heavy atom. The van der Waals surface area contributed by atoms with E-state index in [1.54, 1.807) is 6.07 Å². The Kier molecular flexibility index (Phi) is 4.81. The number of H-pyrrole nitrogens is 1. The summed E-state index contributed by atoms with van der Waals surface area (Å²) in [7, 11) is 2.08. The van der Waals surface area contributed by atoms with E-state index in [1.807, 2.05) is 6.92 Å². The first-order valence-corrected chi connectivity index (χ1v) is 8.35. The molecule has 5 nitrogen and oxygen atoms in total. The molecule has 3 rings (SSSR count). The summed E-state index contributed by atoms with van der Waals surface area (Å²) >= 11 is 0. The van der Waals surface area contributed by atoms with Gasteiger partial charge in [0.2, 0.25) is 5.56 Å². The zero-order valence-corrected chi connectivity index (χ0v) is 14.1. The first kappa shape index (κ1) is 16.5. The minimum atomic E-state index is -0.233. The lowest BCUT2D eigenvalue weighted by Gasteiger charge is -2.34. The van der Waals surface area contributed by atoms with E-state index in [9.17, 15) is 9.59 Å². The van der Waals surface area contributed by atoms with Gasteiger partial charge in [-0.15, -0.1) is 0 Å². The summed E-state index contributed by atoms with van der Waals surface area (Å²) in [4.78, 5) is 29.0. The van der Waals surface area contributed by atoms with Crippen LogP contribution in [0.5, 0.6) is 0 Å². The maximum absolute atomic E-state index is 12.4.